The second kappa shape index (κ2) is 5.37. The highest BCUT2D eigenvalue weighted by Crippen LogP contribution is 2.31. The van der Waals surface area contributed by atoms with Crippen LogP contribution in [-0.2, 0) is 0 Å². The number of aromatic nitrogens is 2. The Morgan fingerprint density at radius 3 is 3.06 bits per heavy atom. The molecule has 88 valence electrons. The van der Waals surface area contributed by atoms with E-state index in [4.69, 9.17) is 4.74 Å². The van der Waals surface area contributed by atoms with E-state index in [9.17, 15) is 4.79 Å². The van der Waals surface area contributed by atoms with Gasteiger partial charge in [0.15, 0.2) is 0 Å². The highest BCUT2D eigenvalue weighted by Gasteiger charge is 2.07. The van der Waals surface area contributed by atoms with Crippen molar-refractivity contribution in [3.8, 4) is 5.75 Å². The maximum atomic E-state index is 11.4. The van der Waals surface area contributed by atoms with Crippen molar-refractivity contribution in [2.45, 2.75) is 9.92 Å². The third-order valence-electron chi connectivity index (χ3n) is 2.02. The van der Waals surface area contributed by atoms with Crippen molar-refractivity contribution in [3.05, 3.63) is 45.4 Å². The van der Waals surface area contributed by atoms with Gasteiger partial charge in [-0.05, 0) is 34.1 Å². The van der Waals surface area contributed by atoms with Crippen molar-refractivity contribution in [3.63, 3.8) is 0 Å². The molecule has 0 aliphatic heterocycles. The minimum atomic E-state index is -0.189. The molecule has 0 radical (unpaired) electrons. The second-order valence-corrected chi connectivity index (χ2v) is 4.99. The molecule has 1 heterocycles. The van der Waals surface area contributed by atoms with Crippen LogP contribution in [-0.4, -0.2) is 17.1 Å². The molecule has 1 aromatic carbocycles. The first-order chi connectivity index (χ1) is 8.20. The van der Waals surface area contributed by atoms with Gasteiger partial charge in [-0.1, -0.05) is 17.8 Å². The van der Waals surface area contributed by atoms with E-state index in [1.54, 1.807) is 7.11 Å². The summed E-state index contributed by atoms with van der Waals surface area (Å²) in [6, 6.07) is 7.58. The lowest BCUT2D eigenvalue weighted by Gasteiger charge is -2.04. The van der Waals surface area contributed by atoms with Gasteiger partial charge in [0.05, 0.1) is 13.4 Å². The van der Waals surface area contributed by atoms with Crippen LogP contribution in [0.1, 0.15) is 0 Å². The number of nitrogens with one attached hydrogen (secondary N) is 1. The van der Waals surface area contributed by atoms with E-state index in [0.29, 0.717) is 9.50 Å². The van der Waals surface area contributed by atoms with Crippen LogP contribution in [0.25, 0.3) is 0 Å². The van der Waals surface area contributed by atoms with Gasteiger partial charge in [-0.3, -0.25) is 4.79 Å². The summed E-state index contributed by atoms with van der Waals surface area (Å²) in [5.41, 5.74) is -0.189. The van der Waals surface area contributed by atoms with Gasteiger partial charge in [-0.2, -0.15) is 0 Å². The van der Waals surface area contributed by atoms with Crippen LogP contribution in [0, 0.1) is 0 Å². The van der Waals surface area contributed by atoms with Gasteiger partial charge in [0, 0.05) is 4.90 Å². The zero-order valence-corrected chi connectivity index (χ0v) is 11.3. The first-order valence-corrected chi connectivity index (χ1v) is 6.37. The minimum absolute atomic E-state index is 0.189. The van der Waals surface area contributed by atoms with E-state index >= 15 is 0 Å². The molecule has 0 spiro atoms. The lowest BCUT2D eigenvalue weighted by atomic mass is 10.3. The Hall–Kier alpha value is -1.27. The van der Waals surface area contributed by atoms with Crippen molar-refractivity contribution >= 4 is 27.7 Å². The minimum Gasteiger partial charge on any atom is -0.497 e. The molecule has 2 aromatic rings. The van der Waals surface area contributed by atoms with E-state index in [0.717, 1.165) is 10.6 Å². The van der Waals surface area contributed by atoms with E-state index in [1.807, 2.05) is 24.3 Å². The van der Waals surface area contributed by atoms with Crippen LogP contribution >= 0.6 is 27.7 Å². The molecule has 0 saturated heterocycles. The van der Waals surface area contributed by atoms with E-state index < -0.39 is 0 Å². The summed E-state index contributed by atoms with van der Waals surface area (Å²) in [5, 5.41) is 0.627. The van der Waals surface area contributed by atoms with E-state index in [-0.39, 0.29) is 5.56 Å². The number of nitrogens with zero attached hydrogens (tertiary/aromatic N) is 1. The Balaban J connectivity index is 2.31. The Bertz CT molecular complexity index is 586. The fraction of sp³-hybridized carbons (Fsp3) is 0.0909. The third-order valence-corrected chi connectivity index (χ3v) is 4.01. The molecule has 0 atom stereocenters. The molecule has 2 rings (SSSR count). The van der Waals surface area contributed by atoms with Crippen molar-refractivity contribution in [2.24, 2.45) is 0 Å². The van der Waals surface area contributed by atoms with Crippen LogP contribution in [0.4, 0.5) is 0 Å². The van der Waals surface area contributed by atoms with Gasteiger partial charge in [0.1, 0.15) is 15.2 Å². The van der Waals surface area contributed by atoms with Gasteiger partial charge < -0.3 is 9.72 Å². The molecule has 0 saturated carbocycles. The number of methoxy groups -OCH3 is 1. The number of aromatic amines is 1. The molecular weight excluding hydrogens is 304 g/mol. The molecule has 1 aromatic heterocycles. The van der Waals surface area contributed by atoms with Gasteiger partial charge in [-0.25, -0.2) is 4.98 Å². The highest BCUT2D eigenvalue weighted by atomic mass is 79.9. The van der Waals surface area contributed by atoms with Crippen LogP contribution in [0.2, 0.25) is 0 Å². The molecule has 0 aliphatic rings. The van der Waals surface area contributed by atoms with Crippen LogP contribution < -0.4 is 10.3 Å². The second-order valence-electron chi connectivity index (χ2n) is 3.13. The zero-order chi connectivity index (χ0) is 12.3. The third kappa shape index (κ3) is 2.89. The maximum Gasteiger partial charge on any atom is 0.266 e. The van der Waals surface area contributed by atoms with Crippen molar-refractivity contribution in [1.29, 1.82) is 0 Å². The molecule has 17 heavy (non-hydrogen) atoms. The lowest BCUT2D eigenvalue weighted by Crippen LogP contribution is -2.07. The standard InChI is InChI=1S/C11H9BrN2O2S/c1-16-7-3-2-4-8(5-7)17-11-9(12)10(15)13-6-14-11/h2-6H,1H3,(H,13,14,15). The number of H-pyrrole nitrogens is 1. The first-order valence-electron chi connectivity index (χ1n) is 4.76. The monoisotopic (exact) mass is 312 g/mol. The van der Waals surface area contributed by atoms with Gasteiger partial charge in [0.25, 0.3) is 5.56 Å². The average Bonchev–Trinajstić information content (AvgIpc) is 2.35. The van der Waals surface area contributed by atoms with Crippen molar-refractivity contribution < 1.29 is 4.74 Å². The zero-order valence-electron chi connectivity index (χ0n) is 8.94. The van der Waals surface area contributed by atoms with Crippen molar-refractivity contribution in [2.75, 3.05) is 7.11 Å². The SMILES string of the molecule is COc1cccc(Sc2nc[nH]c(=O)c2Br)c1. The van der Waals surface area contributed by atoms with Crippen LogP contribution in [0.15, 0.2) is 49.8 Å². The molecular formula is C11H9BrN2O2S. The highest BCUT2D eigenvalue weighted by molar-refractivity contribution is 9.10. The summed E-state index contributed by atoms with van der Waals surface area (Å²) in [4.78, 5) is 18.9. The number of rotatable bonds is 3. The summed E-state index contributed by atoms with van der Waals surface area (Å²) < 4.78 is 5.57. The predicted molar refractivity (Wildman–Crippen MR) is 69.7 cm³/mol. The number of benzene rings is 1. The fourth-order valence-electron chi connectivity index (χ4n) is 1.21. The molecule has 4 nitrogen and oxygen atoms in total. The lowest BCUT2D eigenvalue weighted by molar-refractivity contribution is 0.413. The number of halogens is 1. The number of ether oxygens (including phenoxy) is 1. The summed E-state index contributed by atoms with van der Waals surface area (Å²) >= 11 is 4.61. The quantitative estimate of drug-likeness (QED) is 0.885. The molecule has 0 amide bonds. The summed E-state index contributed by atoms with van der Waals surface area (Å²) in [7, 11) is 1.62. The van der Waals surface area contributed by atoms with Crippen LogP contribution in [0.3, 0.4) is 0 Å². The van der Waals surface area contributed by atoms with Gasteiger partial charge in [0.2, 0.25) is 0 Å². The predicted octanol–water partition coefficient (Wildman–Crippen LogP) is 2.69. The van der Waals surface area contributed by atoms with Crippen LogP contribution in [0.5, 0.6) is 5.75 Å². The average molecular weight is 313 g/mol. The Kier molecular flexibility index (Phi) is 3.86. The maximum absolute atomic E-state index is 11.4. The molecule has 1 N–H and O–H groups in total. The summed E-state index contributed by atoms with van der Waals surface area (Å²) in [5.74, 6) is 0.774. The molecule has 0 aliphatic carbocycles. The number of hydrogen-bond donors (Lipinski definition) is 1. The van der Waals surface area contributed by atoms with E-state index in [2.05, 4.69) is 25.9 Å². The summed E-state index contributed by atoms with van der Waals surface area (Å²) in [6.07, 6.45) is 1.38. The Morgan fingerprint density at radius 1 is 1.47 bits per heavy atom. The number of hydrogen-bond acceptors (Lipinski definition) is 4. The topological polar surface area (TPSA) is 55.0 Å². The molecule has 0 fully saturated rings. The largest absolute Gasteiger partial charge is 0.497 e. The molecule has 0 bridgehead atoms. The van der Waals surface area contributed by atoms with E-state index in [1.165, 1.54) is 18.1 Å². The Labute approximate surface area is 111 Å². The fourth-order valence-corrected chi connectivity index (χ4v) is 2.51. The van der Waals surface area contributed by atoms with Crippen molar-refractivity contribution in [1.82, 2.24) is 9.97 Å². The Morgan fingerprint density at radius 2 is 2.29 bits per heavy atom. The normalized spacial score (nSPS) is 10.2. The van der Waals surface area contributed by atoms with Gasteiger partial charge in [-0.15, -0.1) is 0 Å². The molecule has 6 heteroatoms. The smallest absolute Gasteiger partial charge is 0.266 e. The van der Waals surface area contributed by atoms with Gasteiger partial charge >= 0.3 is 0 Å². The first kappa shape index (κ1) is 12.2. The molecule has 0 unspecified atom stereocenters. The summed E-state index contributed by atoms with van der Waals surface area (Å²) in [6.45, 7) is 0.